The highest BCUT2D eigenvalue weighted by Crippen LogP contribution is 2.42. The van der Waals surface area contributed by atoms with Gasteiger partial charge in [-0.2, -0.15) is 0 Å². The molecule has 1 amide bonds. The van der Waals surface area contributed by atoms with Crippen LogP contribution in [0.3, 0.4) is 0 Å². The van der Waals surface area contributed by atoms with Crippen molar-refractivity contribution in [3.8, 4) is 11.3 Å². The van der Waals surface area contributed by atoms with Crippen molar-refractivity contribution in [1.82, 2.24) is 29.9 Å². The number of hydrogen-bond donors (Lipinski definition) is 2. The highest BCUT2D eigenvalue weighted by atomic mass is 32.1. The fourth-order valence-corrected chi connectivity index (χ4v) is 7.44. The van der Waals surface area contributed by atoms with Gasteiger partial charge in [-0.3, -0.25) is 9.69 Å². The van der Waals surface area contributed by atoms with E-state index < -0.39 is 5.41 Å². The van der Waals surface area contributed by atoms with Gasteiger partial charge >= 0.3 is 6.01 Å². The maximum Gasteiger partial charge on any atom is 0.312 e. The Hall–Kier alpha value is -3.21. The Kier molecular flexibility index (Phi) is 7.65. The Balaban J connectivity index is 1.22. The standard InChI is InChI=1S/C31H41N7O2S/c1-20-15-21(2)17-22(16-20)27-23(7-10-36-11-13-37(14-12-36)19-26(39)38-8-5-6-9-38)24-18-25(41-28(24)33-27)31(3,4)29-34-35-30(32)40-29/h15-18,33H,5-14,19H2,1-4H3,(H2,32,35). The zero-order valence-electron chi connectivity index (χ0n) is 24.6. The van der Waals surface area contributed by atoms with Crippen molar-refractivity contribution in [2.24, 2.45) is 0 Å². The van der Waals surface area contributed by atoms with E-state index in [0.29, 0.717) is 18.3 Å². The zero-order valence-corrected chi connectivity index (χ0v) is 25.4. The second-order valence-electron chi connectivity index (χ2n) is 12.2. The summed E-state index contributed by atoms with van der Waals surface area (Å²) in [6, 6.07) is 9.15. The predicted molar refractivity (Wildman–Crippen MR) is 164 cm³/mol. The van der Waals surface area contributed by atoms with Gasteiger partial charge in [0.15, 0.2) is 0 Å². The number of aryl methyl sites for hydroxylation is 2. The fraction of sp³-hybridized carbons (Fsp3) is 0.516. The molecule has 3 N–H and O–H groups in total. The molecule has 5 heterocycles. The van der Waals surface area contributed by atoms with E-state index in [1.807, 2.05) is 4.90 Å². The van der Waals surface area contributed by atoms with Crippen LogP contribution in [0.2, 0.25) is 0 Å². The molecule has 0 radical (unpaired) electrons. The monoisotopic (exact) mass is 575 g/mol. The summed E-state index contributed by atoms with van der Waals surface area (Å²) in [6.07, 6.45) is 3.23. The number of benzene rings is 1. The number of rotatable bonds is 8. The minimum Gasteiger partial charge on any atom is -0.407 e. The Morgan fingerprint density at radius 1 is 1.00 bits per heavy atom. The number of carbonyl (C=O) groups excluding carboxylic acids is 1. The van der Waals surface area contributed by atoms with Gasteiger partial charge in [-0.25, -0.2) is 0 Å². The highest BCUT2D eigenvalue weighted by Gasteiger charge is 2.33. The molecule has 2 fully saturated rings. The third kappa shape index (κ3) is 5.78. The van der Waals surface area contributed by atoms with Gasteiger partial charge in [0.1, 0.15) is 4.83 Å². The van der Waals surface area contributed by atoms with Crippen molar-refractivity contribution in [2.45, 2.75) is 52.4 Å². The van der Waals surface area contributed by atoms with E-state index in [-0.39, 0.29) is 6.01 Å². The molecule has 6 rings (SSSR count). The molecule has 0 bridgehead atoms. The van der Waals surface area contributed by atoms with E-state index in [0.717, 1.165) is 74.8 Å². The number of nitrogen functional groups attached to an aromatic ring is 1. The molecule has 3 aromatic heterocycles. The molecule has 0 spiro atoms. The molecule has 0 saturated carbocycles. The quantitative estimate of drug-likeness (QED) is 0.317. The molecule has 0 unspecified atom stereocenters. The van der Waals surface area contributed by atoms with E-state index >= 15 is 0 Å². The van der Waals surface area contributed by atoms with Gasteiger partial charge in [-0.1, -0.05) is 22.3 Å². The van der Waals surface area contributed by atoms with Gasteiger partial charge in [-0.15, -0.1) is 16.4 Å². The lowest BCUT2D eigenvalue weighted by molar-refractivity contribution is -0.131. The smallest absolute Gasteiger partial charge is 0.312 e. The molecule has 9 nitrogen and oxygen atoms in total. The SMILES string of the molecule is Cc1cc(C)cc(-c2[nH]c3sc(C(C)(C)c4nnc(N)o4)cc3c2CCN2CCN(CC(=O)N3CCCC3)CC2)c1. The van der Waals surface area contributed by atoms with Gasteiger partial charge in [-0.05, 0) is 76.3 Å². The number of nitrogens with zero attached hydrogens (tertiary/aromatic N) is 5. The van der Waals surface area contributed by atoms with Crippen LogP contribution >= 0.6 is 11.3 Å². The van der Waals surface area contributed by atoms with Crippen molar-refractivity contribution in [2.75, 3.05) is 58.1 Å². The van der Waals surface area contributed by atoms with Crippen LogP contribution < -0.4 is 5.73 Å². The van der Waals surface area contributed by atoms with Crippen LogP contribution in [0.4, 0.5) is 6.01 Å². The summed E-state index contributed by atoms with van der Waals surface area (Å²) in [6.45, 7) is 15.8. The number of H-pyrrole nitrogens is 1. The van der Waals surface area contributed by atoms with E-state index in [9.17, 15) is 4.79 Å². The Bertz CT molecular complexity index is 1520. The molecule has 0 aliphatic carbocycles. The first-order valence-electron chi connectivity index (χ1n) is 14.7. The van der Waals surface area contributed by atoms with Crippen molar-refractivity contribution < 1.29 is 9.21 Å². The predicted octanol–water partition coefficient (Wildman–Crippen LogP) is 4.59. The van der Waals surface area contributed by atoms with Gasteiger partial charge in [0.25, 0.3) is 0 Å². The van der Waals surface area contributed by atoms with Crippen LogP contribution in [0.1, 0.15) is 54.1 Å². The normalized spacial score (nSPS) is 17.2. The largest absolute Gasteiger partial charge is 0.407 e. The lowest BCUT2D eigenvalue weighted by Gasteiger charge is -2.35. The van der Waals surface area contributed by atoms with Gasteiger partial charge in [0, 0.05) is 56.1 Å². The van der Waals surface area contributed by atoms with Crippen LogP contribution in [0.5, 0.6) is 0 Å². The number of thiophene rings is 1. The Morgan fingerprint density at radius 3 is 2.34 bits per heavy atom. The number of aromatic amines is 1. The maximum atomic E-state index is 12.6. The van der Waals surface area contributed by atoms with Crippen molar-refractivity contribution in [3.05, 3.63) is 51.7 Å². The maximum absolute atomic E-state index is 12.6. The first-order chi connectivity index (χ1) is 19.7. The van der Waals surface area contributed by atoms with Crippen LogP contribution in [-0.4, -0.2) is 88.1 Å². The third-order valence-electron chi connectivity index (χ3n) is 8.66. The average molecular weight is 576 g/mol. The number of carbonyl (C=O) groups is 1. The fourth-order valence-electron chi connectivity index (χ4n) is 6.26. The van der Waals surface area contributed by atoms with Crippen molar-refractivity contribution >= 4 is 33.5 Å². The van der Waals surface area contributed by atoms with Gasteiger partial charge < -0.3 is 24.9 Å². The first kappa shape index (κ1) is 27.9. The minimum absolute atomic E-state index is 0.0912. The van der Waals surface area contributed by atoms with Gasteiger partial charge in [0.05, 0.1) is 17.7 Å². The molecule has 4 aromatic rings. The number of aromatic nitrogens is 3. The zero-order chi connectivity index (χ0) is 28.7. The minimum atomic E-state index is -0.449. The molecule has 41 heavy (non-hydrogen) atoms. The van der Waals surface area contributed by atoms with Gasteiger partial charge in [0.2, 0.25) is 11.8 Å². The summed E-state index contributed by atoms with van der Waals surface area (Å²) in [5.41, 5.74) is 11.6. The first-order valence-corrected chi connectivity index (χ1v) is 15.5. The molecule has 2 saturated heterocycles. The van der Waals surface area contributed by atoms with E-state index in [1.165, 1.54) is 33.3 Å². The number of hydrogen-bond acceptors (Lipinski definition) is 8. The number of nitrogens with one attached hydrogen (secondary N) is 1. The lowest BCUT2D eigenvalue weighted by Crippen LogP contribution is -2.50. The molecule has 1 aromatic carbocycles. The topological polar surface area (TPSA) is 108 Å². The van der Waals surface area contributed by atoms with Crippen LogP contribution in [0.15, 0.2) is 28.7 Å². The number of piperazine rings is 1. The number of nitrogens with two attached hydrogens (primary N) is 1. The number of fused-ring (bicyclic) bond motifs is 1. The summed E-state index contributed by atoms with van der Waals surface area (Å²) in [4.78, 5) is 25.6. The summed E-state index contributed by atoms with van der Waals surface area (Å²) in [5.74, 6) is 0.819. The number of amides is 1. The summed E-state index contributed by atoms with van der Waals surface area (Å²) >= 11 is 1.74. The van der Waals surface area contributed by atoms with Crippen molar-refractivity contribution in [1.29, 1.82) is 0 Å². The Morgan fingerprint density at radius 2 is 1.68 bits per heavy atom. The molecular weight excluding hydrogens is 534 g/mol. The third-order valence-corrected chi connectivity index (χ3v) is 10.0. The molecule has 218 valence electrons. The Labute approximate surface area is 245 Å². The second kappa shape index (κ2) is 11.2. The van der Waals surface area contributed by atoms with E-state index in [2.05, 4.69) is 76.9 Å². The van der Waals surface area contributed by atoms with Crippen LogP contribution in [0.25, 0.3) is 21.5 Å². The average Bonchev–Trinajstić information content (AvgIpc) is 3.72. The number of anilines is 1. The highest BCUT2D eigenvalue weighted by molar-refractivity contribution is 7.18. The second-order valence-corrected chi connectivity index (χ2v) is 13.3. The summed E-state index contributed by atoms with van der Waals surface area (Å²) in [5, 5.41) is 9.34. The summed E-state index contributed by atoms with van der Waals surface area (Å²) in [7, 11) is 0. The number of likely N-dealkylation sites (tertiary alicyclic amines) is 1. The molecule has 10 heteroatoms. The molecule has 0 atom stereocenters. The molecule has 2 aliphatic rings. The van der Waals surface area contributed by atoms with Crippen LogP contribution in [-0.2, 0) is 16.6 Å². The van der Waals surface area contributed by atoms with Crippen molar-refractivity contribution in [3.63, 3.8) is 0 Å². The summed E-state index contributed by atoms with van der Waals surface area (Å²) < 4.78 is 5.63. The molecule has 2 aliphatic heterocycles. The molecular formula is C31H41N7O2S. The van der Waals surface area contributed by atoms with E-state index in [1.54, 1.807) is 11.3 Å². The van der Waals surface area contributed by atoms with E-state index in [4.69, 9.17) is 10.2 Å². The van der Waals surface area contributed by atoms with Crippen LogP contribution in [0, 0.1) is 13.8 Å². The lowest BCUT2D eigenvalue weighted by atomic mass is 9.90.